The molecule has 4 heteroatoms. The van der Waals surface area contributed by atoms with Crippen molar-refractivity contribution in [3.8, 4) is 11.3 Å². The largest absolute Gasteiger partial charge is 0.444 e. The maximum atomic E-state index is 5.36. The highest BCUT2D eigenvalue weighted by Gasteiger charge is 2.03. The van der Waals surface area contributed by atoms with Gasteiger partial charge < -0.3 is 14.5 Å². The number of aromatic nitrogens is 1. The number of hydrogen-bond donors (Lipinski definition) is 1. The monoisotopic (exact) mass is 246 g/mol. The van der Waals surface area contributed by atoms with Crippen LogP contribution >= 0.6 is 0 Å². The molecule has 18 heavy (non-hydrogen) atoms. The molecule has 0 aliphatic heterocycles. The van der Waals surface area contributed by atoms with E-state index in [1.54, 1.807) is 6.20 Å². The first-order chi connectivity index (χ1) is 8.79. The van der Waals surface area contributed by atoms with Gasteiger partial charge in [0.05, 0.1) is 12.8 Å². The van der Waals surface area contributed by atoms with Crippen LogP contribution in [-0.2, 0) is 4.74 Å². The molecular formula is C14H18N2O2. The van der Waals surface area contributed by atoms with Crippen molar-refractivity contribution >= 4 is 5.69 Å². The van der Waals surface area contributed by atoms with E-state index >= 15 is 0 Å². The summed E-state index contributed by atoms with van der Waals surface area (Å²) in [6, 6.07) is 8.37. The van der Waals surface area contributed by atoms with Crippen molar-refractivity contribution < 1.29 is 9.15 Å². The maximum Gasteiger partial charge on any atom is 0.181 e. The van der Waals surface area contributed by atoms with Crippen molar-refractivity contribution in [2.24, 2.45) is 0 Å². The molecule has 1 aromatic carbocycles. The average molecular weight is 246 g/mol. The van der Waals surface area contributed by atoms with E-state index < -0.39 is 0 Å². The molecule has 0 saturated heterocycles. The third-order valence-electron chi connectivity index (χ3n) is 2.59. The lowest BCUT2D eigenvalue weighted by Gasteiger charge is -2.15. The summed E-state index contributed by atoms with van der Waals surface area (Å²) in [5, 5.41) is 3.38. The molecule has 0 aliphatic carbocycles. The third-order valence-corrected chi connectivity index (χ3v) is 2.59. The SMILES string of the molecule is CCOCC(C)Nc1ccc(-c2cnco2)cc1. The molecule has 0 aliphatic rings. The molecular weight excluding hydrogens is 228 g/mol. The standard InChI is InChI=1S/C14H18N2O2/c1-3-17-9-11(2)16-13-6-4-12(5-7-13)14-8-15-10-18-14/h4-8,10-11,16H,3,9H2,1-2H3. The minimum Gasteiger partial charge on any atom is -0.444 e. The molecule has 1 heterocycles. The van der Waals surface area contributed by atoms with Gasteiger partial charge in [-0.25, -0.2) is 4.98 Å². The predicted octanol–water partition coefficient (Wildman–Crippen LogP) is 3.18. The van der Waals surface area contributed by atoms with E-state index in [1.165, 1.54) is 6.39 Å². The van der Waals surface area contributed by atoms with Crippen molar-refractivity contribution in [1.29, 1.82) is 0 Å². The van der Waals surface area contributed by atoms with Gasteiger partial charge in [-0.15, -0.1) is 0 Å². The quantitative estimate of drug-likeness (QED) is 0.850. The highest BCUT2D eigenvalue weighted by molar-refractivity contribution is 5.60. The summed E-state index contributed by atoms with van der Waals surface area (Å²) in [5.74, 6) is 0.781. The van der Waals surface area contributed by atoms with Gasteiger partial charge in [0.15, 0.2) is 12.2 Å². The fourth-order valence-electron chi connectivity index (χ4n) is 1.71. The maximum absolute atomic E-state index is 5.36. The highest BCUT2D eigenvalue weighted by atomic mass is 16.5. The first-order valence-corrected chi connectivity index (χ1v) is 6.12. The Morgan fingerprint density at radius 2 is 2.11 bits per heavy atom. The molecule has 1 unspecified atom stereocenters. The minimum atomic E-state index is 0.293. The fraction of sp³-hybridized carbons (Fsp3) is 0.357. The number of ether oxygens (including phenoxy) is 1. The topological polar surface area (TPSA) is 47.3 Å². The average Bonchev–Trinajstić information content (AvgIpc) is 2.91. The predicted molar refractivity (Wildman–Crippen MR) is 71.5 cm³/mol. The van der Waals surface area contributed by atoms with Crippen molar-refractivity contribution in [2.75, 3.05) is 18.5 Å². The zero-order chi connectivity index (χ0) is 12.8. The first kappa shape index (κ1) is 12.6. The Kier molecular flexibility index (Phi) is 4.36. The number of nitrogens with one attached hydrogen (secondary N) is 1. The minimum absolute atomic E-state index is 0.293. The van der Waals surface area contributed by atoms with Crippen LogP contribution in [0.3, 0.4) is 0 Å². The van der Waals surface area contributed by atoms with Crippen molar-refractivity contribution in [1.82, 2.24) is 4.98 Å². The lowest BCUT2D eigenvalue weighted by Crippen LogP contribution is -2.21. The molecule has 2 rings (SSSR count). The Morgan fingerprint density at radius 1 is 1.33 bits per heavy atom. The zero-order valence-electron chi connectivity index (χ0n) is 10.7. The van der Waals surface area contributed by atoms with E-state index in [0.29, 0.717) is 12.6 Å². The zero-order valence-corrected chi connectivity index (χ0v) is 10.7. The van der Waals surface area contributed by atoms with Gasteiger partial charge in [-0.1, -0.05) is 0 Å². The normalized spacial score (nSPS) is 12.3. The van der Waals surface area contributed by atoms with Gasteiger partial charge in [0, 0.05) is 23.9 Å². The van der Waals surface area contributed by atoms with E-state index in [4.69, 9.17) is 9.15 Å². The van der Waals surface area contributed by atoms with Gasteiger partial charge in [-0.2, -0.15) is 0 Å². The second-order valence-electron chi connectivity index (χ2n) is 4.15. The van der Waals surface area contributed by atoms with E-state index in [9.17, 15) is 0 Å². The van der Waals surface area contributed by atoms with Crippen LogP contribution in [0.25, 0.3) is 11.3 Å². The van der Waals surface area contributed by atoms with Crippen LogP contribution in [-0.4, -0.2) is 24.2 Å². The molecule has 0 bridgehead atoms. The molecule has 0 amide bonds. The lowest BCUT2D eigenvalue weighted by molar-refractivity contribution is 0.141. The summed E-state index contributed by atoms with van der Waals surface area (Å²) in [6.07, 6.45) is 3.14. The van der Waals surface area contributed by atoms with Crippen LogP contribution in [0, 0.1) is 0 Å². The summed E-state index contributed by atoms with van der Waals surface area (Å²) in [5.41, 5.74) is 2.10. The van der Waals surface area contributed by atoms with Gasteiger partial charge in [-0.3, -0.25) is 0 Å². The second kappa shape index (κ2) is 6.21. The van der Waals surface area contributed by atoms with Crippen LogP contribution in [0.15, 0.2) is 41.3 Å². The Labute approximate surface area is 107 Å². The first-order valence-electron chi connectivity index (χ1n) is 6.12. The van der Waals surface area contributed by atoms with Crippen LogP contribution in [0.1, 0.15) is 13.8 Å². The molecule has 0 radical (unpaired) electrons. The number of hydrogen-bond acceptors (Lipinski definition) is 4. The van der Waals surface area contributed by atoms with Crippen LogP contribution in [0.4, 0.5) is 5.69 Å². The Morgan fingerprint density at radius 3 is 2.72 bits per heavy atom. The lowest BCUT2D eigenvalue weighted by atomic mass is 10.1. The molecule has 0 fully saturated rings. The molecule has 1 aromatic heterocycles. The van der Waals surface area contributed by atoms with Gasteiger partial charge in [0.25, 0.3) is 0 Å². The number of oxazole rings is 1. The van der Waals surface area contributed by atoms with Crippen molar-refractivity contribution in [3.63, 3.8) is 0 Å². The van der Waals surface area contributed by atoms with Gasteiger partial charge >= 0.3 is 0 Å². The van der Waals surface area contributed by atoms with E-state index in [2.05, 4.69) is 17.2 Å². The van der Waals surface area contributed by atoms with Gasteiger partial charge in [0.2, 0.25) is 0 Å². The molecule has 2 aromatic rings. The van der Waals surface area contributed by atoms with Crippen LogP contribution in [0.2, 0.25) is 0 Å². The van der Waals surface area contributed by atoms with Gasteiger partial charge in [-0.05, 0) is 38.1 Å². The summed E-state index contributed by atoms with van der Waals surface area (Å²) in [7, 11) is 0. The van der Waals surface area contributed by atoms with Crippen molar-refractivity contribution in [3.05, 3.63) is 36.9 Å². The second-order valence-corrected chi connectivity index (χ2v) is 4.15. The Bertz CT molecular complexity index is 451. The van der Waals surface area contributed by atoms with E-state index in [0.717, 1.165) is 23.6 Å². The summed E-state index contributed by atoms with van der Waals surface area (Å²) < 4.78 is 10.6. The van der Waals surface area contributed by atoms with Crippen LogP contribution in [0.5, 0.6) is 0 Å². The van der Waals surface area contributed by atoms with E-state index in [-0.39, 0.29) is 0 Å². The highest BCUT2D eigenvalue weighted by Crippen LogP contribution is 2.20. The fourth-order valence-corrected chi connectivity index (χ4v) is 1.71. The van der Waals surface area contributed by atoms with Crippen LogP contribution < -0.4 is 5.32 Å². The molecule has 1 atom stereocenters. The summed E-state index contributed by atoms with van der Waals surface area (Å²) >= 11 is 0. The molecule has 0 spiro atoms. The Hall–Kier alpha value is -1.81. The van der Waals surface area contributed by atoms with Crippen molar-refractivity contribution in [2.45, 2.75) is 19.9 Å². The summed E-state index contributed by atoms with van der Waals surface area (Å²) in [6.45, 7) is 5.55. The number of rotatable bonds is 6. The summed E-state index contributed by atoms with van der Waals surface area (Å²) in [4.78, 5) is 3.90. The van der Waals surface area contributed by atoms with Gasteiger partial charge in [0.1, 0.15) is 0 Å². The Balaban J connectivity index is 1.95. The number of benzene rings is 1. The number of nitrogens with zero attached hydrogens (tertiary/aromatic N) is 1. The third kappa shape index (κ3) is 3.34. The molecule has 0 saturated carbocycles. The molecule has 96 valence electrons. The number of anilines is 1. The molecule has 1 N–H and O–H groups in total. The van der Waals surface area contributed by atoms with E-state index in [1.807, 2.05) is 31.2 Å². The molecule has 4 nitrogen and oxygen atoms in total. The smallest absolute Gasteiger partial charge is 0.181 e.